The van der Waals surface area contributed by atoms with Gasteiger partial charge in [0.25, 0.3) is 0 Å². The molecule has 3 rings (SSSR count). The van der Waals surface area contributed by atoms with Crippen molar-refractivity contribution in [2.75, 3.05) is 26.3 Å². The van der Waals surface area contributed by atoms with Crippen molar-refractivity contribution in [2.45, 2.75) is 56.7 Å². The molecule has 0 radical (unpaired) electrons. The predicted octanol–water partition coefficient (Wildman–Crippen LogP) is 0.894. The normalized spacial score (nSPS) is 35.8. The summed E-state index contributed by atoms with van der Waals surface area (Å²) in [4.78, 5) is 0. The SMILES string of the molecule is OC1CC(C(NC2CCOCC2)C2CCNCC2)C1. The number of aliphatic hydroxyl groups excluding tert-OH is 1. The second-order valence-electron chi connectivity index (χ2n) is 6.55. The van der Waals surface area contributed by atoms with Gasteiger partial charge in [0, 0.05) is 25.3 Å². The molecule has 2 aliphatic heterocycles. The first kappa shape index (κ1) is 13.8. The van der Waals surface area contributed by atoms with Crippen LogP contribution in [-0.2, 0) is 4.74 Å². The maximum absolute atomic E-state index is 9.61. The molecular formula is C15H28N2O2. The number of piperidine rings is 1. The molecule has 19 heavy (non-hydrogen) atoms. The Hall–Kier alpha value is -0.160. The molecule has 0 aromatic rings. The second-order valence-corrected chi connectivity index (χ2v) is 6.55. The molecule has 1 unspecified atom stereocenters. The molecule has 1 saturated carbocycles. The molecule has 3 aliphatic rings. The third-order valence-corrected chi connectivity index (χ3v) is 5.20. The highest BCUT2D eigenvalue weighted by Gasteiger charge is 2.39. The van der Waals surface area contributed by atoms with Crippen LogP contribution in [0, 0.1) is 11.8 Å². The number of nitrogens with one attached hydrogen (secondary N) is 2. The molecule has 3 N–H and O–H groups in total. The van der Waals surface area contributed by atoms with E-state index in [-0.39, 0.29) is 6.10 Å². The van der Waals surface area contributed by atoms with E-state index < -0.39 is 0 Å². The fourth-order valence-electron chi connectivity index (χ4n) is 3.92. The summed E-state index contributed by atoms with van der Waals surface area (Å²) in [5, 5.41) is 17.0. The Kier molecular flexibility index (Phi) is 4.74. The van der Waals surface area contributed by atoms with Crippen molar-refractivity contribution in [3.05, 3.63) is 0 Å². The van der Waals surface area contributed by atoms with Crippen molar-refractivity contribution in [3.8, 4) is 0 Å². The summed E-state index contributed by atoms with van der Waals surface area (Å²) in [5.41, 5.74) is 0. The molecule has 4 heteroatoms. The van der Waals surface area contributed by atoms with Gasteiger partial charge in [-0.25, -0.2) is 0 Å². The fraction of sp³-hybridized carbons (Fsp3) is 1.00. The van der Waals surface area contributed by atoms with Crippen molar-refractivity contribution in [1.82, 2.24) is 10.6 Å². The van der Waals surface area contributed by atoms with Crippen LogP contribution in [0.25, 0.3) is 0 Å². The number of aliphatic hydroxyl groups is 1. The topological polar surface area (TPSA) is 53.5 Å². The van der Waals surface area contributed by atoms with Crippen molar-refractivity contribution in [2.24, 2.45) is 11.8 Å². The maximum atomic E-state index is 9.61. The Morgan fingerprint density at radius 2 is 1.68 bits per heavy atom. The average Bonchev–Trinajstić information content (AvgIpc) is 2.44. The highest BCUT2D eigenvalue weighted by Crippen LogP contribution is 2.36. The van der Waals surface area contributed by atoms with E-state index in [4.69, 9.17) is 4.74 Å². The zero-order valence-electron chi connectivity index (χ0n) is 11.8. The van der Waals surface area contributed by atoms with Gasteiger partial charge < -0.3 is 20.5 Å². The van der Waals surface area contributed by atoms with Crippen LogP contribution in [0.1, 0.15) is 38.5 Å². The van der Waals surface area contributed by atoms with Crippen molar-refractivity contribution in [3.63, 3.8) is 0 Å². The molecule has 2 saturated heterocycles. The van der Waals surface area contributed by atoms with Crippen molar-refractivity contribution >= 4 is 0 Å². The van der Waals surface area contributed by atoms with Gasteiger partial charge in [0.1, 0.15) is 0 Å². The zero-order chi connectivity index (χ0) is 13.1. The molecule has 2 heterocycles. The van der Waals surface area contributed by atoms with E-state index in [0.717, 1.165) is 57.9 Å². The molecule has 1 aliphatic carbocycles. The van der Waals surface area contributed by atoms with Gasteiger partial charge in [-0.15, -0.1) is 0 Å². The average molecular weight is 268 g/mol. The maximum Gasteiger partial charge on any atom is 0.0546 e. The van der Waals surface area contributed by atoms with E-state index in [1.54, 1.807) is 0 Å². The molecule has 4 nitrogen and oxygen atoms in total. The van der Waals surface area contributed by atoms with E-state index >= 15 is 0 Å². The van der Waals surface area contributed by atoms with Crippen LogP contribution in [0.4, 0.5) is 0 Å². The van der Waals surface area contributed by atoms with Gasteiger partial charge in [0.05, 0.1) is 6.10 Å². The zero-order valence-corrected chi connectivity index (χ0v) is 11.8. The van der Waals surface area contributed by atoms with Crippen LogP contribution in [-0.4, -0.2) is 49.6 Å². The molecule has 0 aromatic carbocycles. The lowest BCUT2D eigenvalue weighted by atomic mass is 9.70. The monoisotopic (exact) mass is 268 g/mol. The molecule has 0 spiro atoms. The quantitative estimate of drug-likeness (QED) is 0.709. The van der Waals surface area contributed by atoms with Gasteiger partial charge in [0.2, 0.25) is 0 Å². The summed E-state index contributed by atoms with van der Waals surface area (Å²) >= 11 is 0. The smallest absolute Gasteiger partial charge is 0.0546 e. The predicted molar refractivity (Wildman–Crippen MR) is 75.1 cm³/mol. The second kappa shape index (κ2) is 6.53. The highest BCUT2D eigenvalue weighted by atomic mass is 16.5. The van der Waals surface area contributed by atoms with E-state index in [1.807, 2.05) is 0 Å². The standard InChI is InChI=1S/C15H28N2O2/c18-14-9-12(10-14)15(11-1-5-16-6-2-11)17-13-3-7-19-8-4-13/h11-18H,1-10H2. The summed E-state index contributed by atoms with van der Waals surface area (Å²) in [6, 6.07) is 1.25. The van der Waals surface area contributed by atoms with E-state index in [1.165, 1.54) is 12.8 Å². The first-order chi connectivity index (χ1) is 9.33. The summed E-state index contributed by atoms with van der Waals surface area (Å²) in [7, 11) is 0. The minimum Gasteiger partial charge on any atom is -0.393 e. The summed E-state index contributed by atoms with van der Waals surface area (Å²) in [6.07, 6.45) is 6.84. The Labute approximate surface area is 116 Å². The van der Waals surface area contributed by atoms with Gasteiger partial charge in [-0.2, -0.15) is 0 Å². The van der Waals surface area contributed by atoms with Gasteiger partial charge in [-0.3, -0.25) is 0 Å². The molecule has 110 valence electrons. The van der Waals surface area contributed by atoms with E-state index in [2.05, 4.69) is 10.6 Å². The molecule has 0 aromatic heterocycles. The van der Waals surface area contributed by atoms with Crippen molar-refractivity contribution < 1.29 is 9.84 Å². The van der Waals surface area contributed by atoms with Crippen LogP contribution in [0.3, 0.4) is 0 Å². The highest BCUT2D eigenvalue weighted by molar-refractivity contribution is 4.94. The largest absolute Gasteiger partial charge is 0.393 e. The van der Waals surface area contributed by atoms with Gasteiger partial charge >= 0.3 is 0 Å². The van der Waals surface area contributed by atoms with Crippen LogP contribution in [0.2, 0.25) is 0 Å². The molecule has 0 bridgehead atoms. The lowest BCUT2D eigenvalue weighted by Crippen LogP contribution is -2.54. The number of rotatable bonds is 4. The minimum absolute atomic E-state index is 0.0364. The molecule has 3 fully saturated rings. The summed E-state index contributed by atoms with van der Waals surface area (Å²) < 4.78 is 5.45. The molecular weight excluding hydrogens is 240 g/mol. The van der Waals surface area contributed by atoms with Gasteiger partial charge in [0.15, 0.2) is 0 Å². The van der Waals surface area contributed by atoms with E-state index in [0.29, 0.717) is 18.0 Å². The molecule has 0 amide bonds. The lowest BCUT2D eigenvalue weighted by molar-refractivity contribution is -0.00108. The summed E-state index contributed by atoms with van der Waals surface area (Å²) in [6.45, 7) is 4.13. The first-order valence-electron chi connectivity index (χ1n) is 8.05. The van der Waals surface area contributed by atoms with Crippen LogP contribution in [0.15, 0.2) is 0 Å². The number of hydrogen-bond donors (Lipinski definition) is 3. The van der Waals surface area contributed by atoms with Crippen LogP contribution in [0.5, 0.6) is 0 Å². The third kappa shape index (κ3) is 3.48. The van der Waals surface area contributed by atoms with Gasteiger partial charge in [-0.1, -0.05) is 0 Å². The van der Waals surface area contributed by atoms with Crippen molar-refractivity contribution in [1.29, 1.82) is 0 Å². The van der Waals surface area contributed by atoms with Crippen LogP contribution < -0.4 is 10.6 Å². The third-order valence-electron chi connectivity index (χ3n) is 5.20. The number of ether oxygens (including phenoxy) is 1. The fourth-order valence-corrected chi connectivity index (χ4v) is 3.92. The molecule has 1 atom stereocenters. The Bertz CT molecular complexity index is 269. The Morgan fingerprint density at radius 1 is 1.00 bits per heavy atom. The van der Waals surface area contributed by atoms with Gasteiger partial charge in [-0.05, 0) is 63.5 Å². The van der Waals surface area contributed by atoms with Crippen LogP contribution >= 0.6 is 0 Å². The first-order valence-corrected chi connectivity index (χ1v) is 8.05. The lowest BCUT2D eigenvalue weighted by Gasteiger charge is -2.45. The summed E-state index contributed by atoms with van der Waals surface area (Å²) in [5.74, 6) is 1.49. The minimum atomic E-state index is -0.0364. The Morgan fingerprint density at radius 3 is 2.32 bits per heavy atom. The van der Waals surface area contributed by atoms with E-state index in [9.17, 15) is 5.11 Å². The Balaban J connectivity index is 1.58. The number of hydrogen-bond acceptors (Lipinski definition) is 4.